The number of pyridine rings is 1. The van der Waals surface area contributed by atoms with Gasteiger partial charge in [-0.25, -0.2) is 4.98 Å². The van der Waals surface area contributed by atoms with Crippen molar-refractivity contribution in [2.24, 2.45) is 5.92 Å². The number of carbonyl (C=O) groups is 1. The number of hydrogen-bond donors (Lipinski definition) is 1. The SMILES string of the molecule is CCCCC(CC)C(=O)Nc1cccc(-c2cn3cc(Cl)ccc3n2)c1. The summed E-state index contributed by atoms with van der Waals surface area (Å²) in [5.74, 6) is 0.163. The zero-order chi connectivity index (χ0) is 18.5. The first kappa shape index (κ1) is 18.5. The Morgan fingerprint density at radius 1 is 1.23 bits per heavy atom. The lowest BCUT2D eigenvalue weighted by molar-refractivity contribution is -0.120. The van der Waals surface area contributed by atoms with Gasteiger partial charge in [0.15, 0.2) is 0 Å². The Hall–Kier alpha value is -2.33. The summed E-state index contributed by atoms with van der Waals surface area (Å²) < 4.78 is 1.90. The second-order valence-electron chi connectivity index (χ2n) is 6.56. The molecule has 0 bridgehead atoms. The van der Waals surface area contributed by atoms with Gasteiger partial charge in [-0.1, -0.05) is 50.4 Å². The van der Waals surface area contributed by atoms with Crippen molar-refractivity contribution in [1.29, 1.82) is 0 Å². The first-order valence-electron chi connectivity index (χ1n) is 9.16. The van der Waals surface area contributed by atoms with Crippen LogP contribution in [0.1, 0.15) is 39.5 Å². The first-order valence-corrected chi connectivity index (χ1v) is 9.54. The van der Waals surface area contributed by atoms with Gasteiger partial charge >= 0.3 is 0 Å². The van der Waals surface area contributed by atoms with Crippen LogP contribution >= 0.6 is 11.6 Å². The Kier molecular flexibility index (Phi) is 5.94. The minimum Gasteiger partial charge on any atom is -0.326 e. The van der Waals surface area contributed by atoms with Gasteiger partial charge in [-0.15, -0.1) is 0 Å². The molecule has 26 heavy (non-hydrogen) atoms. The molecule has 0 aliphatic heterocycles. The monoisotopic (exact) mass is 369 g/mol. The average Bonchev–Trinajstić information content (AvgIpc) is 3.06. The molecule has 2 aromatic heterocycles. The number of halogens is 1. The van der Waals surface area contributed by atoms with Gasteiger partial charge in [0.1, 0.15) is 5.65 Å². The maximum atomic E-state index is 12.5. The molecule has 0 saturated heterocycles. The standard InChI is InChI=1S/C21H24ClN3O/c1-3-5-7-15(4-2)21(26)23-18-9-6-8-16(12-18)19-14-25-13-17(22)10-11-20(25)24-19/h6,8-15H,3-5,7H2,1-2H3,(H,23,26). The van der Waals surface area contributed by atoms with Gasteiger partial charge in [-0.05, 0) is 37.1 Å². The van der Waals surface area contributed by atoms with E-state index in [4.69, 9.17) is 11.6 Å². The van der Waals surface area contributed by atoms with Crippen LogP contribution in [0, 0.1) is 5.92 Å². The zero-order valence-electron chi connectivity index (χ0n) is 15.2. The summed E-state index contributed by atoms with van der Waals surface area (Å²) >= 11 is 6.04. The fraction of sp³-hybridized carbons (Fsp3) is 0.333. The predicted molar refractivity (Wildman–Crippen MR) is 108 cm³/mol. The van der Waals surface area contributed by atoms with Crippen LogP contribution < -0.4 is 5.32 Å². The molecule has 5 heteroatoms. The predicted octanol–water partition coefficient (Wildman–Crippen LogP) is 5.81. The van der Waals surface area contributed by atoms with Crippen LogP contribution in [0.25, 0.3) is 16.9 Å². The summed E-state index contributed by atoms with van der Waals surface area (Å²) in [5, 5.41) is 3.73. The Morgan fingerprint density at radius 3 is 2.85 bits per heavy atom. The molecule has 0 spiro atoms. The summed E-state index contributed by atoms with van der Waals surface area (Å²) in [4.78, 5) is 17.2. The summed E-state index contributed by atoms with van der Waals surface area (Å²) in [6, 6.07) is 11.5. The zero-order valence-corrected chi connectivity index (χ0v) is 16.0. The highest BCUT2D eigenvalue weighted by atomic mass is 35.5. The second-order valence-corrected chi connectivity index (χ2v) is 6.99. The van der Waals surface area contributed by atoms with Gasteiger partial charge in [0.2, 0.25) is 5.91 Å². The molecule has 136 valence electrons. The van der Waals surface area contributed by atoms with Crippen LogP contribution in [-0.4, -0.2) is 15.3 Å². The van der Waals surface area contributed by atoms with Crippen molar-refractivity contribution in [2.75, 3.05) is 5.32 Å². The molecule has 1 N–H and O–H groups in total. The normalized spacial score (nSPS) is 12.3. The van der Waals surface area contributed by atoms with Gasteiger partial charge < -0.3 is 9.72 Å². The topological polar surface area (TPSA) is 46.4 Å². The Labute approximate surface area is 159 Å². The molecule has 3 rings (SSSR count). The van der Waals surface area contributed by atoms with E-state index < -0.39 is 0 Å². The second kappa shape index (κ2) is 8.37. The number of unbranched alkanes of at least 4 members (excludes halogenated alkanes) is 1. The first-order chi connectivity index (χ1) is 12.6. The molecule has 1 aromatic carbocycles. The van der Waals surface area contributed by atoms with Crippen molar-refractivity contribution < 1.29 is 4.79 Å². The third-order valence-corrected chi connectivity index (χ3v) is 4.83. The molecule has 1 atom stereocenters. The lowest BCUT2D eigenvalue weighted by Gasteiger charge is -2.15. The van der Waals surface area contributed by atoms with Crippen molar-refractivity contribution in [1.82, 2.24) is 9.38 Å². The van der Waals surface area contributed by atoms with Crippen molar-refractivity contribution in [3.05, 3.63) is 53.8 Å². The van der Waals surface area contributed by atoms with E-state index in [1.165, 1.54) is 0 Å². The number of fused-ring (bicyclic) bond motifs is 1. The quantitative estimate of drug-likeness (QED) is 0.571. The van der Waals surface area contributed by atoms with E-state index in [9.17, 15) is 4.79 Å². The molecule has 4 nitrogen and oxygen atoms in total. The minimum atomic E-state index is 0.0657. The highest BCUT2D eigenvalue weighted by molar-refractivity contribution is 6.30. The number of amides is 1. The third-order valence-electron chi connectivity index (χ3n) is 4.61. The maximum Gasteiger partial charge on any atom is 0.227 e. The Morgan fingerprint density at radius 2 is 2.08 bits per heavy atom. The molecule has 1 unspecified atom stereocenters. The molecule has 0 fully saturated rings. The number of carbonyl (C=O) groups excluding carboxylic acids is 1. The van der Waals surface area contributed by atoms with Crippen LogP contribution in [0.2, 0.25) is 5.02 Å². The smallest absolute Gasteiger partial charge is 0.227 e. The van der Waals surface area contributed by atoms with Gasteiger partial charge in [0.25, 0.3) is 0 Å². The van der Waals surface area contributed by atoms with Crippen molar-refractivity contribution >= 4 is 28.8 Å². The molecule has 0 saturated carbocycles. The number of rotatable bonds is 7. The summed E-state index contributed by atoms with van der Waals surface area (Å²) in [6.07, 6.45) is 7.76. The number of aromatic nitrogens is 2. The largest absolute Gasteiger partial charge is 0.326 e. The van der Waals surface area contributed by atoms with Crippen LogP contribution in [0.15, 0.2) is 48.8 Å². The molecular weight excluding hydrogens is 346 g/mol. The van der Waals surface area contributed by atoms with Crippen molar-refractivity contribution in [3.8, 4) is 11.3 Å². The summed E-state index contributed by atoms with van der Waals surface area (Å²) in [6.45, 7) is 4.22. The fourth-order valence-electron chi connectivity index (χ4n) is 3.08. The van der Waals surface area contributed by atoms with Crippen LogP contribution in [0.5, 0.6) is 0 Å². The number of nitrogens with one attached hydrogen (secondary N) is 1. The van der Waals surface area contributed by atoms with Crippen LogP contribution in [0.3, 0.4) is 0 Å². The van der Waals surface area contributed by atoms with Crippen molar-refractivity contribution in [3.63, 3.8) is 0 Å². The summed E-state index contributed by atoms with van der Waals surface area (Å²) in [7, 11) is 0. The van der Waals surface area contributed by atoms with Gasteiger partial charge in [0.05, 0.1) is 10.7 Å². The molecule has 0 aliphatic carbocycles. The van der Waals surface area contributed by atoms with Gasteiger partial charge in [-0.2, -0.15) is 0 Å². The highest BCUT2D eigenvalue weighted by Crippen LogP contribution is 2.24. The van der Waals surface area contributed by atoms with E-state index in [-0.39, 0.29) is 11.8 Å². The van der Waals surface area contributed by atoms with E-state index in [2.05, 4.69) is 24.1 Å². The number of benzene rings is 1. The molecular formula is C21H24ClN3O. The number of imidazole rings is 1. The van der Waals surface area contributed by atoms with Crippen molar-refractivity contribution in [2.45, 2.75) is 39.5 Å². The lowest BCUT2D eigenvalue weighted by Crippen LogP contribution is -2.22. The minimum absolute atomic E-state index is 0.0657. The molecule has 2 heterocycles. The maximum absolute atomic E-state index is 12.5. The van der Waals surface area contributed by atoms with E-state index >= 15 is 0 Å². The van der Waals surface area contributed by atoms with E-state index in [0.29, 0.717) is 5.02 Å². The summed E-state index contributed by atoms with van der Waals surface area (Å²) in [5.41, 5.74) is 3.45. The number of nitrogens with zero attached hydrogens (tertiary/aromatic N) is 2. The fourth-order valence-corrected chi connectivity index (χ4v) is 3.24. The van der Waals surface area contributed by atoms with Gasteiger partial charge in [0, 0.05) is 29.6 Å². The Balaban J connectivity index is 1.79. The number of hydrogen-bond acceptors (Lipinski definition) is 2. The lowest BCUT2D eigenvalue weighted by atomic mass is 9.98. The molecule has 3 aromatic rings. The number of anilines is 1. The Bertz CT molecular complexity index is 903. The molecule has 1 amide bonds. The average molecular weight is 370 g/mol. The van der Waals surface area contributed by atoms with E-state index in [1.54, 1.807) is 0 Å². The third kappa shape index (κ3) is 4.25. The van der Waals surface area contributed by atoms with Crippen LogP contribution in [0.4, 0.5) is 5.69 Å². The van der Waals surface area contributed by atoms with Crippen LogP contribution in [-0.2, 0) is 4.79 Å². The highest BCUT2D eigenvalue weighted by Gasteiger charge is 2.16. The molecule has 0 aliphatic rings. The van der Waals surface area contributed by atoms with E-state index in [0.717, 1.165) is 48.3 Å². The van der Waals surface area contributed by atoms with Gasteiger partial charge in [-0.3, -0.25) is 4.79 Å². The molecule has 0 radical (unpaired) electrons. The van der Waals surface area contributed by atoms with E-state index in [1.807, 2.05) is 53.2 Å².